The van der Waals surface area contributed by atoms with Crippen LogP contribution in [0.1, 0.15) is 11.1 Å². The van der Waals surface area contributed by atoms with Crippen LogP contribution in [0, 0.1) is 11.3 Å². The minimum absolute atomic E-state index is 0.925. The van der Waals surface area contributed by atoms with Crippen LogP contribution in [0.5, 0.6) is 0 Å². The van der Waals surface area contributed by atoms with Crippen molar-refractivity contribution in [1.29, 1.82) is 5.26 Å². The first kappa shape index (κ1) is 8.83. The lowest BCUT2D eigenvalue weighted by Crippen LogP contribution is -2.25. The Morgan fingerprint density at radius 2 is 2.07 bits per heavy atom. The summed E-state index contributed by atoms with van der Waals surface area (Å²) in [5.41, 5.74) is 2.82. The van der Waals surface area contributed by atoms with Crippen molar-refractivity contribution in [2.45, 2.75) is 13.0 Å². The average molecular weight is 184 g/mol. The number of allylic oxidation sites excluding steroid dienone is 1. The van der Waals surface area contributed by atoms with Gasteiger partial charge in [-0.1, -0.05) is 24.3 Å². The smallest absolute Gasteiger partial charge is 0.0927 e. The van der Waals surface area contributed by atoms with E-state index < -0.39 is 0 Å². The van der Waals surface area contributed by atoms with Gasteiger partial charge in [-0.05, 0) is 17.5 Å². The molecule has 2 rings (SSSR count). The Kier molecular flexibility index (Phi) is 2.51. The summed E-state index contributed by atoms with van der Waals surface area (Å²) in [5.74, 6) is 0. The van der Waals surface area contributed by atoms with E-state index in [9.17, 15) is 0 Å². The van der Waals surface area contributed by atoms with Gasteiger partial charge in [0.15, 0.2) is 0 Å². The topological polar surface area (TPSA) is 27.0 Å². The first-order valence-electron chi connectivity index (χ1n) is 4.77. The van der Waals surface area contributed by atoms with E-state index in [2.05, 4.69) is 29.2 Å². The molecule has 1 aromatic carbocycles. The molecule has 0 N–H and O–H groups in total. The van der Waals surface area contributed by atoms with Gasteiger partial charge in [0.2, 0.25) is 0 Å². The summed E-state index contributed by atoms with van der Waals surface area (Å²) in [6.45, 7) is 1.93. The summed E-state index contributed by atoms with van der Waals surface area (Å²) in [6, 6.07) is 10.5. The molecule has 1 aromatic rings. The summed E-state index contributed by atoms with van der Waals surface area (Å²) < 4.78 is 0. The lowest BCUT2D eigenvalue weighted by molar-refractivity contribution is 0.353. The molecule has 0 saturated heterocycles. The van der Waals surface area contributed by atoms with Gasteiger partial charge in [0.25, 0.3) is 0 Å². The molecule has 0 spiro atoms. The first-order valence-corrected chi connectivity index (χ1v) is 4.77. The van der Waals surface area contributed by atoms with Crippen molar-refractivity contribution in [3.63, 3.8) is 0 Å². The molecular weight excluding hydrogens is 172 g/mol. The molecule has 0 amide bonds. The van der Waals surface area contributed by atoms with Crippen molar-refractivity contribution in [2.75, 3.05) is 6.54 Å². The molecule has 0 unspecified atom stereocenters. The van der Waals surface area contributed by atoms with Gasteiger partial charge in [-0.2, -0.15) is 5.26 Å². The minimum Gasteiger partial charge on any atom is -0.372 e. The highest BCUT2D eigenvalue weighted by molar-refractivity contribution is 5.29. The van der Waals surface area contributed by atoms with Gasteiger partial charge in [0.1, 0.15) is 0 Å². The molecule has 0 radical (unpaired) electrons. The SMILES string of the molecule is N#CC=CN1CCc2ccccc2C1. The monoisotopic (exact) mass is 184 g/mol. The molecule has 0 atom stereocenters. The molecule has 1 aliphatic rings. The van der Waals surface area contributed by atoms with Crippen molar-refractivity contribution in [3.8, 4) is 6.07 Å². The summed E-state index contributed by atoms with van der Waals surface area (Å²) in [4.78, 5) is 2.17. The molecule has 14 heavy (non-hydrogen) atoms. The normalized spacial score (nSPS) is 15.2. The molecule has 0 aromatic heterocycles. The van der Waals surface area contributed by atoms with E-state index in [4.69, 9.17) is 5.26 Å². The maximum atomic E-state index is 8.43. The third-order valence-electron chi connectivity index (χ3n) is 2.52. The summed E-state index contributed by atoms with van der Waals surface area (Å²) >= 11 is 0. The van der Waals surface area contributed by atoms with E-state index >= 15 is 0 Å². The summed E-state index contributed by atoms with van der Waals surface area (Å²) in [7, 11) is 0. The highest BCUT2D eigenvalue weighted by Crippen LogP contribution is 2.18. The van der Waals surface area contributed by atoms with Crippen LogP contribution in [-0.4, -0.2) is 11.4 Å². The Morgan fingerprint density at radius 3 is 2.86 bits per heavy atom. The van der Waals surface area contributed by atoms with Gasteiger partial charge in [0, 0.05) is 25.4 Å². The molecule has 2 nitrogen and oxygen atoms in total. The van der Waals surface area contributed by atoms with E-state index in [0.29, 0.717) is 0 Å². The molecule has 0 fully saturated rings. The van der Waals surface area contributed by atoms with Crippen LogP contribution in [0.25, 0.3) is 0 Å². The maximum absolute atomic E-state index is 8.43. The minimum atomic E-state index is 0.925. The Hall–Kier alpha value is -1.75. The third-order valence-corrected chi connectivity index (χ3v) is 2.52. The van der Waals surface area contributed by atoms with Gasteiger partial charge in [-0.15, -0.1) is 0 Å². The fourth-order valence-corrected chi connectivity index (χ4v) is 1.78. The van der Waals surface area contributed by atoms with Gasteiger partial charge in [-0.3, -0.25) is 0 Å². The molecule has 0 aliphatic carbocycles. The molecule has 2 heteroatoms. The van der Waals surface area contributed by atoms with Crippen LogP contribution in [0.2, 0.25) is 0 Å². The van der Waals surface area contributed by atoms with Crippen LogP contribution >= 0.6 is 0 Å². The van der Waals surface area contributed by atoms with Gasteiger partial charge in [0.05, 0.1) is 6.07 Å². The van der Waals surface area contributed by atoms with E-state index in [1.165, 1.54) is 17.2 Å². The van der Waals surface area contributed by atoms with E-state index in [0.717, 1.165) is 19.5 Å². The van der Waals surface area contributed by atoms with Crippen molar-refractivity contribution in [1.82, 2.24) is 4.90 Å². The van der Waals surface area contributed by atoms with E-state index in [1.807, 2.05) is 12.3 Å². The second-order valence-corrected chi connectivity index (χ2v) is 3.43. The maximum Gasteiger partial charge on any atom is 0.0927 e. The lowest BCUT2D eigenvalue weighted by atomic mass is 10.0. The van der Waals surface area contributed by atoms with E-state index in [-0.39, 0.29) is 0 Å². The zero-order valence-electron chi connectivity index (χ0n) is 7.98. The number of fused-ring (bicyclic) bond motifs is 1. The Bertz CT molecular complexity index is 388. The summed E-state index contributed by atoms with van der Waals surface area (Å²) in [5, 5.41) is 8.43. The number of rotatable bonds is 1. The number of hydrogen-bond donors (Lipinski definition) is 0. The van der Waals surface area contributed by atoms with Gasteiger partial charge in [-0.25, -0.2) is 0 Å². The molecule has 1 heterocycles. The van der Waals surface area contributed by atoms with Crippen molar-refractivity contribution < 1.29 is 0 Å². The fourth-order valence-electron chi connectivity index (χ4n) is 1.78. The predicted octanol–water partition coefficient (Wildman–Crippen LogP) is 2.08. The molecule has 0 bridgehead atoms. The van der Waals surface area contributed by atoms with E-state index in [1.54, 1.807) is 0 Å². The highest BCUT2D eigenvalue weighted by Gasteiger charge is 2.11. The van der Waals surface area contributed by atoms with Crippen molar-refractivity contribution in [2.24, 2.45) is 0 Å². The van der Waals surface area contributed by atoms with Crippen LogP contribution in [0.15, 0.2) is 36.5 Å². The zero-order valence-corrected chi connectivity index (χ0v) is 7.98. The standard InChI is InChI=1S/C12H12N2/c13-7-3-8-14-9-6-11-4-1-2-5-12(11)10-14/h1-5,8H,6,9-10H2. The molecule has 1 aliphatic heterocycles. The van der Waals surface area contributed by atoms with Crippen LogP contribution in [-0.2, 0) is 13.0 Å². The Labute approximate surface area is 84.1 Å². The highest BCUT2D eigenvalue weighted by atomic mass is 15.1. The third kappa shape index (κ3) is 1.77. The molecule has 0 saturated carbocycles. The quantitative estimate of drug-likeness (QED) is 0.625. The fraction of sp³-hybridized carbons (Fsp3) is 0.250. The number of hydrogen-bond acceptors (Lipinski definition) is 2. The van der Waals surface area contributed by atoms with Crippen LogP contribution in [0.3, 0.4) is 0 Å². The number of nitrogens with zero attached hydrogens (tertiary/aromatic N) is 2. The van der Waals surface area contributed by atoms with Crippen molar-refractivity contribution >= 4 is 0 Å². The second-order valence-electron chi connectivity index (χ2n) is 3.43. The zero-order chi connectivity index (χ0) is 9.80. The lowest BCUT2D eigenvalue weighted by Gasteiger charge is -2.27. The second kappa shape index (κ2) is 3.97. The average Bonchev–Trinajstić information content (AvgIpc) is 2.26. The van der Waals surface area contributed by atoms with Gasteiger partial charge >= 0.3 is 0 Å². The first-order chi connectivity index (χ1) is 6.90. The van der Waals surface area contributed by atoms with Crippen LogP contribution in [0.4, 0.5) is 0 Å². The summed E-state index contributed by atoms with van der Waals surface area (Å²) in [6.07, 6.45) is 4.48. The molecular formula is C12H12N2. The van der Waals surface area contributed by atoms with Gasteiger partial charge < -0.3 is 4.90 Å². The largest absolute Gasteiger partial charge is 0.372 e. The Morgan fingerprint density at radius 1 is 1.29 bits per heavy atom. The van der Waals surface area contributed by atoms with Crippen LogP contribution < -0.4 is 0 Å². The molecule has 70 valence electrons. The van der Waals surface area contributed by atoms with Crippen molar-refractivity contribution in [3.05, 3.63) is 47.7 Å². The number of nitriles is 1. The Balaban J connectivity index is 2.14. The number of benzene rings is 1. The predicted molar refractivity (Wildman–Crippen MR) is 55.3 cm³/mol.